The molecule has 0 atom stereocenters. The second-order valence-corrected chi connectivity index (χ2v) is 6.50. The highest BCUT2D eigenvalue weighted by molar-refractivity contribution is 5.68. The molecule has 4 heterocycles. The summed E-state index contributed by atoms with van der Waals surface area (Å²) in [6.07, 6.45) is 6.82. The van der Waals surface area contributed by atoms with E-state index in [1.165, 1.54) is 11.3 Å². The highest BCUT2D eigenvalue weighted by atomic mass is 16.7. The van der Waals surface area contributed by atoms with Crippen molar-refractivity contribution >= 4 is 6.08 Å². The fourth-order valence-corrected chi connectivity index (χ4v) is 3.49. The molecular weight excluding hydrogens is 330 g/mol. The minimum atomic E-state index is 0.285. The molecule has 6 heteroatoms. The van der Waals surface area contributed by atoms with Crippen LogP contribution in [0.5, 0.6) is 11.5 Å². The van der Waals surface area contributed by atoms with Gasteiger partial charge >= 0.3 is 0 Å². The van der Waals surface area contributed by atoms with Gasteiger partial charge in [-0.15, -0.1) is 0 Å². The first-order chi connectivity index (χ1) is 12.9. The van der Waals surface area contributed by atoms with Crippen LogP contribution in [0.3, 0.4) is 0 Å². The lowest BCUT2D eigenvalue weighted by Gasteiger charge is -2.25. The van der Waals surface area contributed by atoms with Crippen LogP contribution in [-0.2, 0) is 13.0 Å². The van der Waals surface area contributed by atoms with Crippen molar-refractivity contribution in [2.45, 2.75) is 13.0 Å². The van der Waals surface area contributed by atoms with Gasteiger partial charge in [-0.2, -0.15) is 5.10 Å². The van der Waals surface area contributed by atoms with Crippen LogP contribution in [0, 0.1) is 0 Å². The number of rotatable bonds is 4. The fraction of sp³-hybridized carbons (Fsp3) is 0.250. The van der Waals surface area contributed by atoms with E-state index in [1.807, 2.05) is 36.4 Å². The van der Waals surface area contributed by atoms with Crippen LogP contribution in [0.1, 0.15) is 17.0 Å². The molecule has 132 valence electrons. The van der Waals surface area contributed by atoms with Crippen molar-refractivity contribution in [3.63, 3.8) is 0 Å². The molecule has 0 saturated carbocycles. The van der Waals surface area contributed by atoms with Gasteiger partial charge in [-0.25, -0.2) is 0 Å². The molecule has 2 aromatic heterocycles. The highest BCUT2D eigenvalue weighted by Crippen LogP contribution is 2.37. The zero-order valence-corrected chi connectivity index (χ0v) is 14.3. The van der Waals surface area contributed by atoms with E-state index in [4.69, 9.17) is 13.9 Å². The summed E-state index contributed by atoms with van der Waals surface area (Å²) in [7, 11) is 0. The molecule has 2 aliphatic rings. The Morgan fingerprint density at radius 3 is 3.08 bits per heavy atom. The van der Waals surface area contributed by atoms with Crippen molar-refractivity contribution in [3.05, 3.63) is 59.7 Å². The van der Waals surface area contributed by atoms with E-state index in [0.717, 1.165) is 54.6 Å². The van der Waals surface area contributed by atoms with E-state index < -0.39 is 0 Å². The second-order valence-electron chi connectivity index (χ2n) is 6.50. The van der Waals surface area contributed by atoms with E-state index in [1.54, 1.807) is 6.26 Å². The van der Waals surface area contributed by atoms with Crippen molar-refractivity contribution in [3.8, 4) is 22.8 Å². The van der Waals surface area contributed by atoms with Gasteiger partial charge in [0.2, 0.25) is 6.79 Å². The molecule has 0 bridgehead atoms. The zero-order valence-electron chi connectivity index (χ0n) is 14.3. The van der Waals surface area contributed by atoms with Gasteiger partial charge in [0.15, 0.2) is 11.5 Å². The van der Waals surface area contributed by atoms with Crippen LogP contribution in [0.15, 0.2) is 47.1 Å². The number of fused-ring (bicyclic) bond motifs is 2. The average Bonchev–Trinajstić information content (AvgIpc) is 3.41. The third-order valence-electron chi connectivity index (χ3n) is 4.85. The van der Waals surface area contributed by atoms with Crippen molar-refractivity contribution < 1.29 is 13.9 Å². The maximum absolute atomic E-state index is 5.50. The van der Waals surface area contributed by atoms with Crippen molar-refractivity contribution in [2.24, 2.45) is 0 Å². The van der Waals surface area contributed by atoms with Gasteiger partial charge in [-0.05, 0) is 36.4 Å². The smallest absolute Gasteiger partial charge is 0.231 e. The predicted octanol–water partition coefficient (Wildman–Crippen LogP) is 3.47. The lowest BCUT2D eigenvalue weighted by molar-refractivity contribution is 0.174. The van der Waals surface area contributed by atoms with E-state index >= 15 is 0 Å². The number of hydrogen-bond acceptors (Lipinski definition) is 5. The van der Waals surface area contributed by atoms with Crippen molar-refractivity contribution in [1.29, 1.82) is 0 Å². The molecule has 26 heavy (non-hydrogen) atoms. The first-order valence-corrected chi connectivity index (χ1v) is 8.75. The van der Waals surface area contributed by atoms with Crippen LogP contribution >= 0.6 is 0 Å². The monoisotopic (exact) mass is 349 g/mol. The summed E-state index contributed by atoms with van der Waals surface area (Å²) in [5, 5.41) is 7.78. The molecule has 5 rings (SSSR count). The third kappa shape index (κ3) is 2.78. The molecule has 6 nitrogen and oxygen atoms in total. The maximum atomic E-state index is 5.50. The molecule has 0 spiro atoms. The van der Waals surface area contributed by atoms with Crippen molar-refractivity contribution in [2.75, 3.05) is 19.9 Å². The van der Waals surface area contributed by atoms with Crippen LogP contribution in [0.25, 0.3) is 17.3 Å². The minimum Gasteiger partial charge on any atom is -0.465 e. The zero-order chi connectivity index (χ0) is 17.3. The lowest BCUT2D eigenvalue weighted by atomic mass is 10.0. The summed E-state index contributed by atoms with van der Waals surface area (Å²) >= 11 is 0. The Bertz CT molecular complexity index is 943. The second kappa shape index (κ2) is 6.38. The Morgan fingerprint density at radius 1 is 1.19 bits per heavy atom. The van der Waals surface area contributed by atoms with Crippen molar-refractivity contribution in [1.82, 2.24) is 15.1 Å². The molecule has 0 fully saturated rings. The molecule has 0 radical (unpaired) electrons. The van der Waals surface area contributed by atoms with Gasteiger partial charge in [0.25, 0.3) is 0 Å². The Morgan fingerprint density at radius 2 is 2.15 bits per heavy atom. The summed E-state index contributed by atoms with van der Waals surface area (Å²) < 4.78 is 16.2. The summed E-state index contributed by atoms with van der Waals surface area (Å²) in [4.78, 5) is 2.41. The number of furan rings is 1. The topological polar surface area (TPSA) is 63.5 Å². The Labute approximate surface area is 151 Å². The lowest BCUT2D eigenvalue weighted by Crippen LogP contribution is -2.30. The Kier molecular flexibility index (Phi) is 3.75. The first kappa shape index (κ1) is 15.3. The van der Waals surface area contributed by atoms with Crippen LogP contribution in [0.2, 0.25) is 0 Å². The van der Waals surface area contributed by atoms with Crippen LogP contribution < -0.4 is 9.47 Å². The maximum Gasteiger partial charge on any atom is 0.231 e. The summed E-state index contributed by atoms with van der Waals surface area (Å²) in [5.41, 5.74) is 4.54. The van der Waals surface area contributed by atoms with E-state index in [2.05, 4.69) is 21.2 Å². The van der Waals surface area contributed by atoms with Crippen LogP contribution in [0.4, 0.5) is 0 Å². The Hall–Kier alpha value is -2.99. The van der Waals surface area contributed by atoms with Crippen LogP contribution in [-0.4, -0.2) is 35.0 Å². The fourth-order valence-electron chi connectivity index (χ4n) is 3.49. The van der Waals surface area contributed by atoms with Gasteiger partial charge in [0, 0.05) is 42.9 Å². The standard InChI is InChI=1S/C20H19N3O3/c1(3-15-4-2-10-24-15)8-23-9-7-17-16(12-23)20(22-21-17)14-5-6-18-19(11-14)26-13-25-18/h1-6,10-11H,7-9,12-13H2,(H,21,22)/b3-1+. The molecule has 0 amide bonds. The molecule has 3 aromatic rings. The summed E-state index contributed by atoms with van der Waals surface area (Å²) in [5.74, 6) is 2.46. The largest absolute Gasteiger partial charge is 0.465 e. The number of H-pyrrole nitrogens is 1. The van der Waals surface area contributed by atoms with Gasteiger partial charge in [0.05, 0.1) is 12.0 Å². The van der Waals surface area contributed by atoms with Gasteiger partial charge in [-0.1, -0.05) is 6.08 Å². The molecule has 1 aromatic carbocycles. The van der Waals surface area contributed by atoms with E-state index in [9.17, 15) is 0 Å². The Balaban J connectivity index is 1.35. The first-order valence-electron chi connectivity index (χ1n) is 8.75. The molecule has 1 N–H and O–H groups in total. The molecule has 0 unspecified atom stereocenters. The SMILES string of the molecule is C(=C\c1ccco1)/CN1CCc2[nH]nc(-c3ccc4c(c3)OCO4)c2C1. The molecule has 0 aliphatic carbocycles. The molecule has 0 saturated heterocycles. The number of aromatic nitrogens is 2. The van der Waals surface area contributed by atoms with Gasteiger partial charge in [0.1, 0.15) is 5.76 Å². The highest BCUT2D eigenvalue weighted by Gasteiger charge is 2.23. The number of hydrogen-bond donors (Lipinski definition) is 1. The number of ether oxygens (including phenoxy) is 2. The van der Waals surface area contributed by atoms with E-state index in [0.29, 0.717) is 0 Å². The molecular formula is C20H19N3O3. The normalized spacial score (nSPS) is 16.3. The summed E-state index contributed by atoms with van der Waals surface area (Å²) in [6, 6.07) is 9.86. The van der Waals surface area contributed by atoms with Gasteiger partial charge in [-0.3, -0.25) is 10.00 Å². The number of aromatic amines is 1. The third-order valence-corrected chi connectivity index (χ3v) is 4.85. The van der Waals surface area contributed by atoms with Gasteiger partial charge < -0.3 is 13.9 Å². The van der Waals surface area contributed by atoms with E-state index in [-0.39, 0.29) is 6.79 Å². The number of benzene rings is 1. The number of nitrogens with one attached hydrogen (secondary N) is 1. The summed E-state index contributed by atoms with van der Waals surface area (Å²) in [6.45, 7) is 3.05. The minimum absolute atomic E-state index is 0.285. The number of nitrogens with zero attached hydrogens (tertiary/aromatic N) is 2. The predicted molar refractivity (Wildman–Crippen MR) is 96.9 cm³/mol. The molecule has 2 aliphatic heterocycles. The quantitative estimate of drug-likeness (QED) is 0.781. The average molecular weight is 349 g/mol.